The van der Waals surface area contributed by atoms with Gasteiger partial charge in [-0.3, -0.25) is 4.79 Å². The van der Waals surface area contributed by atoms with Crippen molar-refractivity contribution in [2.24, 2.45) is 0 Å². The summed E-state index contributed by atoms with van der Waals surface area (Å²) in [6.07, 6.45) is 3.56. The number of hydrogen-bond acceptors (Lipinski definition) is 3. The molecule has 1 heterocycles. The largest absolute Gasteiger partial charge is 0.367 e. The SMILES string of the molecule is CCC(NC(=O)C(OC)c1ccccc1)c1ncc[nH]1. The van der Waals surface area contributed by atoms with Crippen LogP contribution in [0.1, 0.15) is 36.9 Å². The van der Waals surface area contributed by atoms with Crippen molar-refractivity contribution in [1.29, 1.82) is 0 Å². The average Bonchev–Trinajstić information content (AvgIpc) is 3.00. The van der Waals surface area contributed by atoms with Crippen LogP contribution in [0.25, 0.3) is 0 Å². The van der Waals surface area contributed by atoms with Gasteiger partial charge >= 0.3 is 0 Å². The van der Waals surface area contributed by atoms with E-state index < -0.39 is 6.10 Å². The number of ether oxygens (including phenoxy) is 1. The van der Waals surface area contributed by atoms with Gasteiger partial charge in [0.1, 0.15) is 5.82 Å². The lowest BCUT2D eigenvalue weighted by atomic mass is 10.1. The molecule has 2 N–H and O–H groups in total. The van der Waals surface area contributed by atoms with E-state index in [0.29, 0.717) is 0 Å². The molecule has 0 aliphatic heterocycles. The van der Waals surface area contributed by atoms with Crippen LogP contribution in [0.4, 0.5) is 0 Å². The van der Waals surface area contributed by atoms with Crippen LogP contribution < -0.4 is 5.32 Å². The number of imidazole rings is 1. The summed E-state index contributed by atoms with van der Waals surface area (Å²) in [6, 6.07) is 9.30. The first-order valence-corrected chi connectivity index (χ1v) is 6.63. The molecule has 0 saturated carbocycles. The zero-order chi connectivity index (χ0) is 14.4. The Labute approximate surface area is 118 Å². The highest BCUT2D eigenvalue weighted by molar-refractivity contribution is 5.82. The van der Waals surface area contributed by atoms with Crippen LogP contribution in [-0.2, 0) is 9.53 Å². The van der Waals surface area contributed by atoms with E-state index in [0.717, 1.165) is 17.8 Å². The fourth-order valence-corrected chi connectivity index (χ4v) is 2.10. The first-order valence-electron chi connectivity index (χ1n) is 6.63. The van der Waals surface area contributed by atoms with Crippen molar-refractivity contribution in [1.82, 2.24) is 15.3 Å². The lowest BCUT2D eigenvalue weighted by Gasteiger charge is -2.20. The molecule has 5 heteroatoms. The lowest BCUT2D eigenvalue weighted by Crippen LogP contribution is -2.34. The molecule has 106 valence electrons. The van der Waals surface area contributed by atoms with Gasteiger partial charge in [-0.2, -0.15) is 0 Å². The van der Waals surface area contributed by atoms with Gasteiger partial charge in [0.25, 0.3) is 5.91 Å². The van der Waals surface area contributed by atoms with E-state index in [4.69, 9.17) is 4.74 Å². The maximum atomic E-state index is 12.4. The predicted octanol–water partition coefficient (Wildman–Crippen LogP) is 2.36. The fraction of sp³-hybridized carbons (Fsp3) is 0.333. The molecule has 0 fully saturated rings. The average molecular weight is 273 g/mol. The number of nitrogens with one attached hydrogen (secondary N) is 2. The summed E-state index contributed by atoms with van der Waals surface area (Å²) in [4.78, 5) is 19.6. The van der Waals surface area contributed by atoms with E-state index >= 15 is 0 Å². The highest BCUT2D eigenvalue weighted by Gasteiger charge is 2.23. The molecule has 1 amide bonds. The molecule has 0 bridgehead atoms. The summed E-state index contributed by atoms with van der Waals surface area (Å²) in [6.45, 7) is 2.00. The number of nitrogens with zero attached hydrogens (tertiary/aromatic N) is 1. The monoisotopic (exact) mass is 273 g/mol. The maximum absolute atomic E-state index is 12.4. The van der Waals surface area contributed by atoms with Gasteiger partial charge in [-0.15, -0.1) is 0 Å². The Morgan fingerprint density at radius 3 is 2.70 bits per heavy atom. The number of amides is 1. The Kier molecular flexibility index (Phi) is 4.90. The molecule has 0 saturated heterocycles. The molecule has 0 aliphatic rings. The third-order valence-corrected chi connectivity index (χ3v) is 3.15. The maximum Gasteiger partial charge on any atom is 0.254 e. The standard InChI is InChI=1S/C15H19N3O2/c1-3-12(14-16-9-10-17-14)18-15(19)13(20-2)11-7-5-4-6-8-11/h4-10,12-13H,3H2,1-2H3,(H,16,17)(H,18,19). The van der Waals surface area contributed by atoms with E-state index in [1.165, 1.54) is 7.11 Å². The van der Waals surface area contributed by atoms with Gasteiger partial charge in [0.05, 0.1) is 6.04 Å². The van der Waals surface area contributed by atoms with E-state index in [-0.39, 0.29) is 11.9 Å². The molecule has 0 spiro atoms. The normalized spacial score (nSPS) is 13.7. The van der Waals surface area contributed by atoms with Crippen LogP contribution >= 0.6 is 0 Å². The number of carbonyl (C=O) groups is 1. The summed E-state index contributed by atoms with van der Waals surface area (Å²) in [7, 11) is 1.53. The molecule has 1 aromatic carbocycles. The number of hydrogen-bond donors (Lipinski definition) is 2. The van der Waals surface area contributed by atoms with Crippen LogP contribution in [0, 0.1) is 0 Å². The van der Waals surface area contributed by atoms with Gasteiger partial charge in [0, 0.05) is 19.5 Å². The van der Waals surface area contributed by atoms with Crippen LogP contribution in [0.3, 0.4) is 0 Å². The first-order chi connectivity index (χ1) is 9.76. The second-order valence-corrected chi connectivity index (χ2v) is 4.47. The Bertz CT molecular complexity index is 525. The molecule has 5 nitrogen and oxygen atoms in total. The minimum atomic E-state index is -0.611. The molecule has 2 aromatic rings. The van der Waals surface area contributed by atoms with Gasteiger partial charge in [0.2, 0.25) is 0 Å². The minimum Gasteiger partial charge on any atom is -0.367 e. The summed E-state index contributed by atoms with van der Waals surface area (Å²) in [5.74, 6) is 0.589. The zero-order valence-corrected chi connectivity index (χ0v) is 11.7. The molecule has 2 rings (SSSR count). The predicted molar refractivity (Wildman–Crippen MR) is 76.0 cm³/mol. The third kappa shape index (κ3) is 3.24. The molecule has 0 aliphatic carbocycles. The smallest absolute Gasteiger partial charge is 0.254 e. The van der Waals surface area contributed by atoms with Crippen molar-refractivity contribution in [3.05, 3.63) is 54.1 Å². The summed E-state index contributed by atoms with van der Waals surface area (Å²) >= 11 is 0. The lowest BCUT2D eigenvalue weighted by molar-refractivity contribution is -0.132. The number of aromatic nitrogens is 2. The quantitative estimate of drug-likeness (QED) is 0.849. The second kappa shape index (κ2) is 6.86. The Balaban J connectivity index is 2.09. The van der Waals surface area contributed by atoms with Gasteiger partial charge < -0.3 is 15.0 Å². The third-order valence-electron chi connectivity index (χ3n) is 3.15. The number of rotatable bonds is 6. The summed E-state index contributed by atoms with van der Waals surface area (Å²) in [5, 5.41) is 2.96. The number of methoxy groups -OCH3 is 1. The minimum absolute atomic E-state index is 0.140. The molecule has 2 unspecified atom stereocenters. The summed E-state index contributed by atoms with van der Waals surface area (Å²) in [5.41, 5.74) is 0.835. The highest BCUT2D eigenvalue weighted by atomic mass is 16.5. The number of benzene rings is 1. The Hall–Kier alpha value is -2.14. The van der Waals surface area contributed by atoms with E-state index in [2.05, 4.69) is 15.3 Å². The molecular weight excluding hydrogens is 254 g/mol. The van der Waals surface area contributed by atoms with Crippen molar-refractivity contribution in [2.45, 2.75) is 25.5 Å². The topological polar surface area (TPSA) is 67.0 Å². The van der Waals surface area contributed by atoms with E-state index in [9.17, 15) is 4.79 Å². The Morgan fingerprint density at radius 1 is 1.40 bits per heavy atom. The highest BCUT2D eigenvalue weighted by Crippen LogP contribution is 2.19. The van der Waals surface area contributed by atoms with E-state index in [1.807, 2.05) is 37.3 Å². The van der Waals surface area contributed by atoms with Crippen molar-refractivity contribution >= 4 is 5.91 Å². The molecule has 1 aromatic heterocycles. The number of aromatic amines is 1. The van der Waals surface area contributed by atoms with Crippen LogP contribution in [0.2, 0.25) is 0 Å². The van der Waals surface area contributed by atoms with Crippen molar-refractivity contribution in [2.75, 3.05) is 7.11 Å². The first kappa shape index (κ1) is 14.3. The number of H-pyrrole nitrogens is 1. The molecule has 2 atom stereocenters. The van der Waals surface area contributed by atoms with Gasteiger partial charge in [-0.05, 0) is 12.0 Å². The van der Waals surface area contributed by atoms with Crippen LogP contribution in [0.5, 0.6) is 0 Å². The Morgan fingerprint density at radius 2 is 2.15 bits per heavy atom. The van der Waals surface area contributed by atoms with Crippen molar-refractivity contribution in [3.63, 3.8) is 0 Å². The van der Waals surface area contributed by atoms with Gasteiger partial charge in [0.15, 0.2) is 6.10 Å². The van der Waals surface area contributed by atoms with Gasteiger partial charge in [-0.25, -0.2) is 4.98 Å². The molecular formula is C15H19N3O2. The van der Waals surface area contributed by atoms with Crippen LogP contribution in [-0.4, -0.2) is 23.0 Å². The van der Waals surface area contributed by atoms with E-state index in [1.54, 1.807) is 12.4 Å². The van der Waals surface area contributed by atoms with Crippen molar-refractivity contribution < 1.29 is 9.53 Å². The molecule has 20 heavy (non-hydrogen) atoms. The second-order valence-electron chi connectivity index (χ2n) is 4.47. The summed E-state index contributed by atoms with van der Waals surface area (Å²) < 4.78 is 5.32. The zero-order valence-electron chi connectivity index (χ0n) is 11.7. The number of carbonyl (C=O) groups excluding carboxylic acids is 1. The van der Waals surface area contributed by atoms with Crippen LogP contribution in [0.15, 0.2) is 42.7 Å². The molecule has 0 radical (unpaired) electrons. The van der Waals surface area contributed by atoms with Crippen molar-refractivity contribution in [3.8, 4) is 0 Å². The fourth-order valence-electron chi connectivity index (χ4n) is 2.10. The van der Waals surface area contributed by atoms with Gasteiger partial charge in [-0.1, -0.05) is 37.3 Å².